The van der Waals surface area contributed by atoms with Gasteiger partial charge in [0, 0.05) is 31.4 Å². The molecule has 0 aliphatic carbocycles. The fraction of sp³-hybridized carbons (Fsp3) is 0.400. The standard InChI is InChI=1S/C25H28N6O4S/c1-15-22(16(2)35-29-15)18-6-7-20-23-24(18)34-14-21(19-5-3-4-10-26-19)31(23)25(28-20)30-11-8-17(9-12-30)13-27-36(32)33/h3-7,10,17,21,36H,8-9,11-14H2,1-2H3,(H,27,32,33)/t21-/m1/s1. The minimum atomic E-state index is -2.57. The molecular weight excluding hydrogens is 480 g/mol. The maximum atomic E-state index is 10.9. The number of piperidine rings is 1. The largest absolute Gasteiger partial charge is 0.488 e. The molecule has 1 N–H and O–H groups in total. The highest BCUT2D eigenvalue weighted by Crippen LogP contribution is 2.46. The van der Waals surface area contributed by atoms with Gasteiger partial charge in [0.05, 0.1) is 22.5 Å². The SMILES string of the molecule is Cc1noc(C)c1-c1ccc2nc(N3CCC(CN[SH](=O)=O)CC3)n3c2c1OC[C@@H]3c1ccccn1. The van der Waals surface area contributed by atoms with Crippen molar-refractivity contribution < 1.29 is 17.7 Å². The van der Waals surface area contributed by atoms with E-state index in [2.05, 4.69) is 24.3 Å². The second-order valence-electron chi connectivity index (χ2n) is 9.42. The molecule has 5 heterocycles. The highest BCUT2D eigenvalue weighted by molar-refractivity contribution is 7.70. The van der Waals surface area contributed by atoms with Crippen LogP contribution < -0.4 is 14.4 Å². The van der Waals surface area contributed by atoms with E-state index in [0.29, 0.717) is 19.1 Å². The summed E-state index contributed by atoms with van der Waals surface area (Å²) < 4.78 is 38.6. The van der Waals surface area contributed by atoms with Crippen LogP contribution in [0.15, 0.2) is 41.1 Å². The maximum absolute atomic E-state index is 10.9. The monoisotopic (exact) mass is 508 g/mol. The van der Waals surface area contributed by atoms with E-state index >= 15 is 0 Å². The predicted octanol–water partition coefficient (Wildman–Crippen LogP) is 3.02. The summed E-state index contributed by atoms with van der Waals surface area (Å²) >= 11 is 0. The summed E-state index contributed by atoms with van der Waals surface area (Å²) in [5.74, 6) is 2.74. The number of imidazole rings is 1. The number of hydrogen-bond acceptors (Lipinski definition) is 8. The van der Waals surface area contributed by atoms with E-state index < -0.39 is 10.9 Å². The molecule has 2 aliphatic heterocycles. The highest BCUT2D eigenvalue weighted by atomic mass is 32.2. The average Bonchev–Trinajstić information content (AvgIpc) is 3.45. The smallest absolute Gasteiger partial charge is 0.207 e. The molecule has 3 aromatic heterocycles. The molecule has 2 aliphatic rings. The van der Waals surface area contributed by atoms with Crippen LogP contribution in [0.3, 0.4) is 0 Å². The number of aryl methyl sites for hydroxylation is 2. The van der Waals surface area contributed by atoms with E-state index in [1.54, 1.807) is 6.20 Å². The Morgan fingerprint density at radius 1 is 1.14 bits per heavy atom. The first-order valence-electron chi connectivity index (χ1n) is 12.2. The van der Waals surface area contributed by atoms with Crippen LogP contribution in [0, 0.1) is 19.8 Å². The van der Waals surface area contributed by atoms with Gasteiger partial charge < -0.3 is 14.2 Å². The van der Waals surface area contributed by atoms with Crippen LogP contribution in [0.2, 0.25) is 0 Å². The van der Waals surface area contributed by atoms with Crippen LogP contribution in [0.4, 0.5) is 5.95 Å². The number of aromatic nitrogens is 4. The van der Waals surface area contributed by atoms with Gasteiger partial charge in [-0.1, -0.05) is 11.2 Å². The minimum Gasteiger partial charge on any atom is -0.488 e. The van der Waals surface area contributed by atoms with Gasteiger partial charge in [0.1, 0.15) is 23.9 Å². The lowest BCUT2D eigenvalue weighted by Crippen LogP contribution is -2.39. The first kappa shape index (κ1) is 23.0. The molecule has 188 valence electrons. The Kier molecular flexibility index (Phi) is 5.88. The molecule has 4 aromatic rings. The van der Waals surface area contributed by atoms with Crippen LogP contribution in [0.1, 0.15) is 36.0 Å². The molecule has 10 nitrogen and oxygen atoms in total. The van der Waals surface area contributed by atoms with E-state index in [4.69, 9.17) is 14.2 Å². The number of hydrogen-bond donors (Lipinski definition) is 2. The molecule has 1 saturated heterocycles. The van der Waals surface area contributed by atoms with Crippen molar-refractivity contribution in [3.8, 4) is 16.9 Å². The first-order chi connectivity index (χ1) is 17.5. The molecule has 0 spiro atoms. The Morgan fingerprint density at radius 2 is 1.97 bits per heavy atom. The molecule has 0 saturated carbocycles. The lowest BCUT2D eigenvalue weighted by Gasteiger charge is -2.35. The lowest BCUT2D eigenvalue weighted by atomic mass is 9.97. The van der Waals surface area contributed by atoms with E-state index in [1.807, 2.05) is 44.2 Å². The summed E-state index contributed by atoms with van der Waals surface area (Å²) in [6, 6.07) is 9.87. The van der Waals surface area contributed by atoms with Crippen molar-refractivity contribution in [1.29, 1.82) is 0 Å². The third-order valence-electron chi connectivity index (χ3n) is 7.22. The fourth-order valence-electron chi connectivity index (χ4n) is 5.44. The zero-order valence-electron chi connectivity index (χ0n) is 20.2. The van der Waals surface area contributed by atoms with Crippen LogP contribution in [-0.2, 0) is 10.9 Å². The number of benzene rings is 1. The Morgan fingerprint density at radius 3 is 2.67 bits per heavy atom. The lowest BCUT2D eigenvalue weighted by molar-refractivity contribution is 0.257. The molecule has 36 heavy (non-hydrogen) atoms. The third-order valence-corrected chi connectivity index (χ3v) is 7.66. The van der Waals surface area contributed by atoms with Crippen LogP contribution >= 0.6 is 0 Å². The average molecular weight is 509 g/mol. The van der Waals surface area contributed by atoms with Crippen molar-refractivity contribution in [1.82, 2.24) is 24.4 Å². The highest BCUT2D eigenvalue weighted by Gasteiger charge is 2.34. The molecule has 6 rings (SSSR count). The summed E-state index contributed by atoms with van der Waals surface area (Å²) in [4.78, 5) is 12.0. The molecule has 0 unspecified atom stereocenters. The zero-order valence-corrected chi connectivity index (χ0v) is 21.1. The van der Waals surface area contributed by atoms with Crippen molar-refractivity contribution in [2.45, 2.75) is 32.7 Å². The summed E-state index contributed by atoms with van der Waals surface area (Å²) in [6.07, 6.45) is 3.58. The molecule has 0 amide bonds. The number of pyridine rings is 1. The number of nitrogens with zero attached hydrogens (tertiary/aromatic N) is 5. The van der Waals surface area contributed by atoms with Crippen molar-refractivity contribution in [3.63, 3.8) is 0 Å². The van der Waals surface area contributed by atoms with Crippen molar-refractivity contribution in [3.05, 3.63) is 53.7 Å². The van der Waals surface area contributed by atoms with E-state index in [-0.39, 0.29) is 6.04 Å². The number of rotatable bonds is 6. The molecule has 0 bridgehead atoms. The van der Waals surface area contributed by atoms with Crippen molar-refractivity contribution >= 4 is 27.9 Å². The van der Waals surface area contributed by atoms with Gasteiger partial charge in [-0.25, -0.2) is 18.1 Å². The molecule has 1 aromatic carbocycles. The third kappa shape index (κ3) is 3.92. The van der Waals surface area contributed by atoms with E-state index in [1.165, 1.54) is 0 Å². The van der Waals surface area contributed by atoms with Gasteiger partial charge in [0.25, 0.3) is 0 Å². The van der Waals surface area contributed by atoms with Crippen molar-refractivity contribution in [2.75, 3.05) is 31.1 Å². The molecular formula is C25H28N6O4S. The minimum absolute atomic E-state index is 0.123. The Bertz CT molecular complexity index is 1460. The summed E-state index contributed by atoms with van der Waals surface area (Å²) in [5.41, 5.74) is 5.44. The zero-order chi connectivity index (χ0) is 24.8. The topological polar surface area (TPSA) is 115 Å². The van der Waals surface area contributed by atoms with Gasteiger partial charge in [0.2, 0.25) is 16.8 Å². The second kappa shape index (κ2) is 9.21. The Hall–Kier alpha value is -3.44. The normalized spacial score (nSPS) is 18.2. The Balaban J connectivity index is 1.45. The number of thiol groups is 1. The molecule has 1 atom stereocenters. The number of anilines is 1. The van der Waals surface area contributed by atoms with Gasteiger partial charge >= 0.3 is 0 Å². The van der Waals surface area contributed by atoms with Gasteiger partial charge in [-0.3, -0.25) is 9.55 Å². The summed E-state index contributed by atoms with van der Waals surface area (Å²) in [5, 5.41) is 4.15. The fourth-order valence-corrected chi connectivity index (χ4v) is 5.85. The molecule has 11 heteroatoms. The summed E-state index contributed by atoms with van der Waals surface area (Å²) in [6.45, 7) is 6.36. The van der Waals surface area contributed by atoms with Crippen LogP contribution in [0.5, 0.6) is 5.75 Å². The molecule has 1 fully saturated rings. The van der Waals surface area contributed by atoms with Gasteiger partial charge in [-0.15, -0.1) is 0 Å². The van der Waals surface area contributed by atoms with Crippen molar-refractivity contribution in [2.24, 2.45) is 5.92 Å². The Labute approximate surface area is 210 Å². The van der Waals surface area contributed by atoms with Crippen LogP contribution in [-0.4, -0.2) is 54.4 Å². The van der Waals surface area contributed by atoms with Crippen LogP contribution in [0.25, 0.3) is 22.2 Å². The van der Waals surface area contributed by atoms with E-state index in [0.717, 1.165) is 76.9 Å². The summed E-state index contributed by atoms with van der Waals surface area (Å²) in [7, 11) is -2.57. The van der Waals surface area contributed by atoms with Gasteiger partial charge in [-0.2, -0.15) is 0 Å². The molecule has 0 radical (unpaired) electrons. The first-order valence-corrected chi connectivity index (χ1v) is 13.3. The van der Waals surface area contributed by atoms with Gasteiger partial charge in [0.15, 0.2) is 5.75 Å². The maximum Gasteiger partial charge on any atom is 0.207 e. The predicted molar refractivity (Wildman–Crippen MR) is 136 cm³/mol. The number of ether oxygens (including phenoxy) is 1. The second-order valence-corrected chi connectivity index (χ2v) is 10.3. The number of nitrogens with one attached hydrogen (secondary N) is 1. The van der Waals surface area contributed by atoms with E-state index in [9.17, 15) is 8.42 Å². The van der Waals surface area contributed by atoms with Gasteiger partial charge in [-0.05, 0) is 56.9 Å². The quantitative estimate of drug-likeness (QED) is 0.382.